The molecule has 1 amide bonds. The van der Waals surface area contributed by atoms with Crippen LogP contribution in [0.15, 0.2) is 29.9 Å². The van der Waals surface area contributed by atoms with E-state index < -0.39 is 17.4 Å². The lowest BCUT2D eigenvalue weighted by atomic mass is 10.00. The Balaban J connectivity index is 1.48. The molecule has 1 aliphatic carbocycles. The number of nitriles is 1. The third-order valence-corrected chi connectivity index (χ3v) is 5.14. The molecule has 0 aliphatic heterocycles. The Morgan fingerprint density at radius 3 is 2.88 bits per heavy atom. The predicted molar refractivity (Wildman–Crippen MR) is 95.0 cm³/mol. The number of amides is 1. The van der Waals surface area contributed by atoms with Gasteiger partial charge in [-0.1, -0.05) is 0 Å². The molecule has 0 atom stereocenters. The van der Waals surface area contributed by atoms with Gasteiger partial charge in [-0.15, -0.1) is 11.3 Å². The second kappa shape index (κ2) is 8.06. The first kappa shape index (κ1) is 18.0. The summed E-state index contributed by atoms with van der Waals surface area (Å²) in [4.78, 5) is 32.3. The van der Waals surface area contributed by atoms with Gasteiger partial charge in [-0.2, -0.15) is 5.26 Å². The highest BCUT2D eigenvalue weighted by atomic mass is 32.1. The molecule has 1 aliphatic rings. The van der Waals surface area contributed by atoms with E-state index in [2.05, 4.69) is 21.4 Å². The van der Waals surface area contributed by atoms with Crippen molar-refractivity contribution in [3.8, 4) is 16.6 Å². The van der Waals surface area contributed by atoms with Crippen LogP contribution < -0.4 is 5.32 Å². The summed E-state index contributed by atoms with van der Waals surface area (Å²) >= 11 is 1.42. The van der Waals surface area contributed by atoms with Crippen molar-refractivity contribution in [2.24, 2.45) is 0 Å². The number of pyridine rings is 1. The summed E-state index contributed by atoms with van der Waals surface area (Å²) in [7, 11) is 0. The molecule has 134 valence electrons. The Labute approximate surface area is 155 Å². The summed E-state index contributed by atoms with van der Waals surface area (Å²) in [6, 6.07) is 5.88. The standard InChI is InChI=1S/C18H18N4O3S/c19-12-18(5-1-2-6-18)22-15(23)10-25-16(24)8-14-11-26-17(21-14)13-4-3-7-20-9-13/h3-4,7,9,11H,1-2,5-6,8,10H2,(H,22,23). The molecular formula is C18H18N4O3S. The predicted octanol–water partition coefficient (Wildman–Crippen LogP) is 2.24. The molecule has 3 rings (SSSR count). The fourth-order valence-electron chi connectivity index (χ4n) is 2.90. The highest BCUT2D eigenvalue weighted by molar-refractivity contribution is 7.13. The van der Waals surface area contributed by atoms with Gasteiger partial charge in [-0.05, 0) is 37.8 Å². The van der Waals surface area contributed by atoms with Gasteiger partial charge in [-0.25, -0.2) is 4.98 Å². The number of rotatable bonds is 6. The molecule has 0 radical (unpaired) electrons. The number of hydrogen-bond donors (Lipinski definition) is 1. The summed E-state index contributed by atoms with van der Waals surface area (Å²) in [6.07, 6.45) is 6.49. The number of nitrogens with zero attached hydrogens (tertiary/aromatic N) is 3. The van der Waals surface area contributed by atoms with E-state index in [1.165, 1.54) is 11.3 Å². The summed E-state index contributed by atoms with van der Waals surface area (Å²) in [5, 5.41) is 14.5. The van der Waals surface area contributed by atoms with Crippen LogP contribution in [-0.2, 0) is 20.7 Å². The third kappa shape index (κ3) is 4.43. The van der Waals surface area contributed by atoms with Crippen molar-refractivity contribution >= 4 is 23.2 Å². The van der Waals surface area contributed by atoms with Crippen LogP contribution in [-0.4, -0.2) is 34.0 Å². The number of thiazole rings is 1. The number of carbonyl (C=O) groups is 2. The number of nitrogens with one attached hydrogen (secondary N) is 1. The number of aromatic nitrogens is 2. The van der Waals surface area contributed by atoms with Crippen LogP contribution in [0.5, 0.6) is 0 Å². The molecule has 1 N–H and O–H groups in total. The van der Waals surface area contributed by atoms with Crippen LogP contribution in [0.25, 0.3) is 10.6 Å². The van der Waals surface area contributed by atoms with Crippen LogP contribution in [0.2, 0.25) is 0 Å². The Morgan fingerprint density at radius 1 is 1.38 bits per heavy atom. The number of hydrogen-bond acceptors (Lipinski definition) is 7. The van der Waals surface area contributed by atoms with Gasteiger partial charge in [0.05, 0.1) is 18.2 Å². The molecule has 1 fully saturated rings. The van der Waals surface area contributed by atoms with Gasteiger partial charge in [0, 0.05) is 23.3 Å². The van der Waals surface area contributed by atoms with Gasteiger partial charge in [0.1, 0.15) is 10.5 Å². The quantitative estimate of drug-likeness (QED) is 0.782. The SMILES string of the molecule is N#CC1(NC(=O)COC(=O)Cc2csc(-c3cccnc3)n2)CCCC1. The zero-order valence-corrected chi connectivity index (χ0v) is 14.9. The average molecular weight is 370 g/mol. The van der Waals surface area contributed by atoms with E-state index >= 15 is 0 Å². The molecule has 2 heterocycles. The van der Waals surface area contributed by atoms with E-state index in [0.29, 0.717) is 18.5 Å². The number of esters is 1. The fraction of sp³-hybridized carbons (Fsp3) is 0.389. The summed E-state index contributed by atoms with van der Waals surface area (Å²) < 4.78 is 5.01. The zero-order chi connectivity index (χ0) is 18.4. The Hall–Kier alpha value is -2.79. The Bertz CT molecular complexity index is 822. The van der Waals surface area contributed by atoms with Gasteiger partial charge in [0.15, 0.2) is 6.61 Å². The minimum atomic E-state index is -0.809. The van der Waals surface area contributed by atoms with Gasteiger partial charge in [0.25, 0.3) is 5.91 Å². The average Bonchev–Trinajstić information content (AvgIpc) is 3.31. The molecule has 0 aromatic carbocycles. The van der Waals surface area contributed by atoms with Crippen molar-refractivity contribution < 1.29 is 14.3 Å². The summed E-state index contributed by atoms with van der Waals surface area (Å²) in [5.74, 6) is -0.975. The van der Waals surface area contributed by atoms with Crippen molar-refractivity contribution in [3.05, 3.63) is 35.6 Å². The molecule has 0 bridgehead atoms. The molecule has 0 saturated heterocycles. The molecule has 2 aromatic rings. The first-order valence-corrected chi connectivity index (χ1v) is 9.21. The second-order valence-electron chi connectivity index (χ2n) is 6.17. The maximum absolute atomic E-state index is 11.9. The lowest BCUT2D eigenvalue weighted by Crippen LogP contribution is -2.46. The fourth-order valence-corrected chi connectivity index (χ4v) is 3.71. The van der Waals surface area contributed by atoms with Crippen LogP contribution in [0.4, 0.5) is 0 Å². The molecule has 8 heteroatoms. The van der Waals surface area contributed by atoms with Crippen LogP contribution in [0.1, 0.15) is 31.4 Å². The Kier molecular flexibility index (Phi) is 5.58. The molecule has 7 nitrogen and oxygen atoms in total. The van der Waals surface area contributed by atoms with E-state index in [0.717, 1.165) is 23.4 Å². The van der Waals surface area contributed by atoms with Crippen LogP contribution in [0.3, 0.4) is 0 Å². The largest absolute Gasteiger partial charge is 0.455 e. The number of carbonyl (C=O) groups excluding carboxylic acids is 2. The van der Waals surface area contributed by atoms with Crippen molar-refractivity contribution in [1.29, 1.82) is 5.26 Å². The lowest BCUT2D eigenvalue weighted by molar-refractivity contribution is -0.148. The van der Waals surface area contributed by atoms with E-state index in [4.69, 9.17) is 4.74 Å². The smallest absolute Gasteiger partial charge is 0.312 e. The Morgan fingerprint density at radius 2 is 2.19 bits per heavy atom. The van der Waals surface area contributed by atoms with E-state index in [1.807, 2.05) is 12.1 Å². The molecule has 1 saturated carbocycles. The summed E-state index contributed by atoms with van der Waals surface area (Å²) in [6.45, 7) is -0.387. The van der Waals surface area contributed by atoms with Crippen molar-refractivity contribution in [3.63, 3.8) is 0 Å². The number of ether oxygens (including phenoxy) is 1. The summed E-state index contributed by atoms with van der Waals surface area (Å²) in [5.41, 5.74) is 0.662. The first-order chi connectivity index (χ1) is 12.6. The van der Waals surface area contributed by atoms with Crippen LogP contribution >= 0.6 is 11.3 Å². The zero-order valence-electron chi connectivity index (χ0n) is 14.1. The maximum Gasteiger partial charge on any atom is 0.312 e. The van der Waals surface area contributed by atoms with Gasteiger partial charge in [-0.3, -0.25) is 14.6 Å². The maximum atomic E-state index is 11.9. The second-order valence-corrected chi connectivity index (χ2v) is 7.03. The minimum absolute atomic E-state index is 0.00651. The topological polar surface area (TPSA) is 105 Å². The van der Waals surface area contributed by atoms with Crippen LogP contribution in [0, 0.1) is 11.3 Å². The monoisotopic (exact) mass is 370 g/mol. The van der Waals surface area contributed by atoms with Crippen molar-refractivity contribution in [2.75, 3.05) is 6.61 Å². The molecule has 0 unspecified atom stereocenters. The first-order valence-electron chi connectivity index (χ1n) is 8.33. The van der Waals surface area contributed by atoms with Gasteiger partial charge in [0.2, 0.25) is 0 Å². The van der Waals surface area contributed by atoms with E-state index in [9.17, 15) is 14.9 Å². The molecular weight excluding hydrogens is 352 g/mol. The molecule has 26 heavy (non-hydrogen) atoms. The van der Waals surface area contributed by atoms with E-state index in [-0.39, 0.29) is 13.0 Å². The molecule has 2 aromatic heterocycles. The highest BCUT2D eigenvalue weighted by Crippen LogP contribution is 2.28. The van der Waals surface area contributed by atoms with Gasteiger partial charge >= 0.3 is 5.97 Å². The van der Waals surface area contributed by atoms with E-state index in [1.54, 1.807) is 17.8 Å². The van der Waals surface area contributed by atoms with Crippen molar-refractivity contribution in [2.45, 2.75) is 37.6 Å². The minimum Gasteiger partial charge on any atom is -0.455 e. The van der Waals surface area contributed by atoms with Gasteiger partial charge < -0.3 is 10.1 Å². The lowest BCUT2D eigenvalue weighted by Gasteiger charge is -2.21. The molecule has 0 spiro atoms. The normalized spacial score (nSPS) is 15.2. The van der Waals surface area contributed by atoms with Crippen molar-refractivity contribution in [1.82, 2.24) is 15.3 Å². The third-order valence-electron chi connectivity index (χ3n) is 4.20. The highest BCUT2D eigenvalue weighted by Gasteiger charge is 2.35.